The molecule has 0 unspecified atom stereocenters. The lowest BCUT2D eigenvalue weighted by Gasteiger charge is -2.10. The van der Waals surface area contributed by atoms with Gasteiger partial charge in [0, 0.05) is 10.6 Å². The number of ether oxygens (including phenoxy) is 1. The molecular weight excluding hydrogens is 355 g/mol. The number of hydrogen-bond acceptors (Lipinski definition) is 4. The van der Waals surface area contributed by atoms with Crippen LogP contribution in [0.4, 0.5) is 18.9 Å². The van der Waals surface area contributed by atoms with Crippen molar-refractivity contribution < 1.29 is 27.5 Å². The molecule has 0 aliphatic rings. The molecule has 0 bridgehead atoms. The van der Waals surface area contributed by atoms with Crippen LogP contribution in [0.25, 0.3) is 0 Å². The summed E-state index contributed by atoms with van der Waals surface area (Å²) >= 11 is 1.09. The zero-order valence-electron chi connectivity index (χ0n) is 13.1. The van der Waals surface area contributed by atoms with Crippen LogP contribution < -0.4 is 5.32 Å². The van der Waals surface area contributed by atoms with Crippen molar-refractivity contribution >= 4 is 29.3 Å². The first-order valence-electron chi connectivity index (χ1n) is 7.08. The van der Waals surface area contributed by atoms with Gasteiger partial charge in [-0.2, -0.15) is 13.2 Å². The molecule has 0 radical (unpaired) electrons. The van der Waals surface area contributed by atoms with Gasteiger partial charge in [-0.15, -0.1) is 11.8 Å². The van der Waals surface area contributed by atoms with Crippen LogP contribution in [-0.2, 0) is 15.7 Å². The Balaban J connectivity index is 2.02. The van der Waals surface area contributed by atoms with Gasteiger partial charge in [0.15, 0.2) is 0 Å². The van der Waals surface area contributed by atoms with E-state index in [4.69, 9.17) is 0 Å². The number of nitrogens with one attached hydrogen (secondary N) is 1. The Morgan fingerprint density at radius 1 is 1.12 bits per heavy atom. The Kier molecular flexibility index (Phi) is 6.08. The molecule has 2 rings (SSSR count). The minimum absolute atomic E-state index is 0.0571. The number of amides is 1. The quantitative estimate of drug-likeness (QED) is 0.633. The van der Waals surface area contributed by atoms with Crippen LogP contribution in [0, 0.1) is 0 Å². The highest BCUT2D eigenvalue weighted by molar-refractivity contribution is 8.00. The van der Waals surface area contributed by atoms with Crippen molar-refractivity contribution in [2.45, 2.75) is 11.1 Å². The molecule has 0 spiro atoms. The third-order valence-electron chi connectivity index (χ3n) is 3.12. The van der Waals surface area contributed by atoms with Gasteiger partial charge in [0.25, 0.3) is 0 Å². The SMILES string of the molecule is COC(=O)c1ccccc1SCC(=O)Nc1cccc(C(F)(F)F)c1. The lowest BCUT2D eigenvalue weighted by molar-refractivity contribution is -0.137. The Labute approximate surface area is 146 Å². The Morgan fingerprint density at radius 2 is 1.84 bits per heavy atom. The zero-order valence-corrected chi connectivity index (χ0v) is 13.9. The molecule has 0 fully saturated rings. The van der Waals surface area contributed by atoms with E-state index in [9.17, 15) is 22.8 Å². The van der Waals surface area contributed by atoms with Crippen LogP contribution in [0.15, 0.2) is 53.4 Å². The number of thioether (sulfide) groups is 1. The summed E-state index contributed by atoms with van der Waals surface area (Å²) in [5.41, 5.74) is -0.461. The molecule has 8 heteroatoms. The topological polar surface area (TPSA) is 55.4 Å². The van der Waals surface area contributed by atoms with Crippen LogP contribution in [0.3, 0.4) is 0 Å². The van der Waals surface area contributed by atoms with Crippen molar-refractivity contribution in [2.24, 2.45) is 0 Å². The van der Waals surface area contributed by atoms with Crippen LogP contribution in [-0.4, -0.2) is 24.7 Å². The Hall–Kier alpha value is -2.48. The molecule has 4 nitrogen and oxygen atoms in total. The highest BCUT2D eigenvalue weighted by Gasteiger charge is 2.30. The normalized spacial score (nSPS) is 11.0. The first-order chi connectivity index (χ1) is 11.8. The number of esters is 1. The van der Waals surface area contributed by atoms with Gasteiger partial charge in [-0.1, -0.05) is 18.2 Å². The second kappa shape index (κ2) is 8.06. The fourth-order valence-corrected chi connectivity index (χ4v) is 2.83. The number of hydrogen-bond donors (Lipinski definition) is 1. The number of carbonyl (C=O) groups excluding carboxylic acids is 2. The van der Waals surface area contributed by atoms with Crippen molar-refractivity contribution in [1.29, 1.82) is 0 Å². The van der Waals surface area contributed by atoms with Gasteiger partial charge < -0.3 is 10.1 Å². The first kappa shape index (κ1) is 18.9. The third-order valence-corrected chi connectivity index (χ3v) is 4.20. The number of rotatable bonds is 5. The predicted octanol–water partition coefficient (Wildman–Crippen LogP) is 4.22. The van der Waals surface area contributed by atoms with Gasteiger partial charge >= 0.3 is 12.1 Å². The van der Waals surface area contributed by atoms with E-state index in [-0.39, 0.29) is 11.4 Å². The number of carbonyl (C=O) groups is 2. The summed E-state index contributed by atoms with van der Waals surface area (Å²) in [6.07, 6.45) is -4.48. The fourth-order valence-electron chi connectivity index (χ4n) is 1.98. The monoisotopic (exact) mass is 369 g/mol. The second-order valence-corrected chi connectivity index (χ2v) is 5.92. The van der Waals surface area contributed by atoms with Crippen LogP contribution in [0.5, 0.6) is 0 Å². The molecule has 2 aromatic rings. The number of methoxy groups -OCH3 is 1. The molecule has 0 heterocycles. The van der Waals surface area contributed by atoms with Crippen LogP contribution in [0.2, 0.25) is 0 Å². The molecule has 0 saturated heterocycles. The van der Waals surface area contributed by atoms with E-state index in [1.165, 1.54) is 19.2 Å². The standard InChI is InChI=1S/C17H14F3NO3S/c1-24-16(23)13-7-2-3-8-14(13)25-10-15(22)21-12-6-4-5-11(9-12)17(18,19)20/h2-9H,10H2,1H3,(H,21,22). The number of halogens is 3. The van der Waals surface area contributed by atoms with Crippen molar-refractivity contribution in [1.82, 2.24) is 0 Å². The minimum Gasteiger partial charge on any atom is -0.465 e. The van der Waals surface area contributed by atoms with Crippen molar-refractivity contribution in [3.63, 3.8) is 0 Å². The lowest BCUT2D eigenvalue weighted by Crippen LogP contribution is -2.15. The number of alkyl halides is 3. The van der Waals surface area contributed by atoms with Gasteiger partial charge in [-0.05, 0) is 30.3 Å². The van der Waals surface area contributed by atoms with Crippen molar-refractivity contribution in [3.8, 4) is 0 Å². The summed E-state index contributed by atoms with van der Waals surface area (Å²) < 4.78 is 42.7. The molecular formula is C17H14F3NO3S. The maximum atomic E-state index is 12.7. The van der Waals surface area contributed by atoms with Gasteiger partial charge in [0.2, 0.25) is 5.91 Å². The molecule has 2 aromatic carbocycles. The van der Waals surface area contributed by atoms with E-state index in [2.05, 4.69) is 10.1 Å². The van der Waals surface area contributed by atoms with E-state index in [1.54, 1.807) is 24.3 Å². The predicted molar refractivity (Wildman–Crippen MR) is 88.6 cm³/mol. The summed E-state index contributed by atoms with van der Waals surface area (Å²) in [5, 5.41) is 2.41. The van der Waals surface area contributed by atoms with E-state index in [0.717, 1.165) is 23.9 Å². The van der Waals surface area contributed by atoms with Gasteiger partial charge in [-0.25, -0.2) is 4.79 Å². The number of anilines is 1. The maximum absolute atomic E-state index is 12.7. The smallest absolute Gasteiger partial charge is 0.416 e. The summed E-state index contributed by atoms with van der Waals surface area (Å²) in [5.74, 6) is -1.07. The summed E-state index contributed by atoms with van der Waals surface area (Å²) in [7, 11) is 1.25. The van der Waals surface area contributed by atoms with E-state index in [1.807, 2.05) is 0 Å². The zero-order chi connectivity index (χ0) is 18.4. The van der Waals surface area contributed by atoms with Gasteiger partial charge in [-0.3, -0.25) is 4.79 Å². The Morgan fingerprint density at radius 3 is 2.52 bits per heavy atom. The van der Waals surface area contributed by atoms with E-state index < -0.39 is 23.6 Å². The molecule has 0 atom stereocenters. The van der Waals surface area contributed by atoms with Crippen molar-refractivity contribution in [2.75, 3.05) is 18.2 Å². The maximum Gasteiger partial charge on any atom is 0.416 e. The average Bonchev–Trinajstić information content (AvgIpc) is 2.59. The first-order valence-corrected chi connectivity index (χ1v) is 8.07. The largest absolute Gasteiger partial charge is 0.465 e. The molecule has 0 saturated carbocycles. The minimum atomic E-state index is -4.48. The summed E-state index contributed by atoms with van der Waals surface area (Å²) in [6.45, 7) is 0. The molecule has 0 aliphatic heterocycles. The van der Waals surface area contributed by atoms with Crippen LogP contribution >= 0.6 is 11.8 Å². The van der Waals surface area contributed by atoms with Gasteiger partial charge in [0.05, 0.1) is 24.0 Å². The van der Waals surface area contributed by atoms with E-state index in [0.29, 0.717) is 10.5 Å². The highest BCUT2D eigenvalue weighted by atomic mass is 32.2. The molecule has 1 N–H and O–H groups in total. The lowest BCUT2D eigenvalue weighted by atomic mass is 10.2. The molecule has 132 valence electrons. The third kappa shape index (κ3) is 5.25. The van der Waals surface area contributed by atoms with Crippen LogP contribution in [0.1, 0.15) is 15.9 Å². The second-order valence-electron chi connectivity index (χ2n) is 4.90. The highest BCUT2D eigenvalue weighted by Crippen LogP contribution is 2.30. The fraction of sp³-hybridized carbons (Fsp3) is 0.176. The average molecular weight is 369 g/mol. The summed E-state index contributed by atoms with van der Waals surface area (Å²) in [4.78, 5) is 24.2. The van der Waals surface area contributed by atoms with Gasteiger partial charge in [0.1, 0.15) is 0 Å². The van der Waals surface area contributed by atoms with Crippen molar-refractivity contribution in [3.05, 3.63) is 59.7 Å². The molecule has 1 amide bonds. The Bertz CT molecular complexity index is 778. The molecule has 0 aliphatic carbocycles. The van der Waals surface area contributed by atoms with E-state index >= 15 is 0 Å². The number of benzene rings is 2. The molecule has 0 aromatic heterocycles. The summed E-state index contributed by atoms with van der Waals surface area (Å²) in [6, 6.07) is 11.0. The molecule has 25 heavy (non-hydrogen) atoms.